The minimum Gasteiger partial charge on any atom is -0.482 e. The predicted octanol–water partition coefficient (Wildman–Crippen LogP) is 1.64. The van der Waals surface area contributed by atoms with Gasteiger partial charge in [0, 0.05) is 26.6 Å². The van der Waals surface area contributed by atoms with E-state index in [-0.39, 0.29) is 18.4 Å². The Labute approximate surface area is 187 Å². The van der Waals surface area contributed by atoms with E-state index in [0.29, 0.717) is 25.3 Å². The summed E-state index contributed by atoms with van der Waals surface area (Å²) >= 11 is 0. The number of anilines is 1. The third kappa shape index (κ3) is 4.90. The van der Waals surface area contributed by atoms with Crippen molar-refractivity contribution in [2.45, 2.75) is 25.0 Å². The number of nitrogens with one attached hydrogen (secondary N) is 2. The van der Waals surface area contributed by atoms with E-state index in [1.165, 1.54) is 0 Å². The van der Waals surface area contributed by atoms with Crippen LogP contribution in [0.3, 0.4) is 0 Å². The first kappa shape index (κ1) is 21.8. The molecule has 1 fully saturated rings. The molecule has 0 radical (unpaired) electrons. The van der Waals surface area contributed by atoms with Crippen molar-refractivity contribution in [1.29, 1.82) is 5.26 Å². The zero-order valence-electron chi connectivity index (χ0n) is 18.0. The largest absolute Gasteiger partial charge is 0.482 e. The van der Waals surface area contributed by atoms with Gasteiger partial charge in [-0.2, -0.15) is 5.26 Å². The fourth-order valence-electron chi connectivity index (χ4n) is 3.80. The van der Waals surface area contributed by atoms with Crippen molar-refractivity contribution in [3.8, 4) is 22.9 Å². The minimum absolute atomic E-state index is 0.0531. The summed E-state index contributed by atoms with van der Waals surface area (Å²) in [6.45, 7) is 1.85. The highest BCUT2D eigenvalue weighted by Gasteiger charge is 2.24. The molecule has 2 N–H and O–H groups in total. The van der Waals surface area contributed by atoms with Crippen LogP contribution in [0.1, 0.15) is 12.0 Å². The highest BCUT2D eigenvalue weighted by Crippen LogP contribution is 2.35. The van der Waals surface area contributed by atoms with E-state index in [2.05, 4.69) is 16.7 Å². The van der Waals surface area contributed by atoms with Crippen molar-refractivity contribution < 1.29 is 19.1 Å². The van der Waals surface area contributed by atoms with Crippen LogP contribution < -0.4 is 20.3 Å². The Morgan fingerprint density at radius 2 is 2.06 bits per heavy atom. The normalized spacial score (nSPS) is 19.2. The van der Waals surface area contributed by atoms with Gasteiger partial charge in [0.1, 0.15) is 17.9 Å². The Hall–Kier alpha value is -3.41. The molecule has 2 aromatic rings. The van der Waals surface area contributed by atoms with E-state index in [1.54, 1.807) is 11.9 Å². The van der Waals surface area contributed by atoms with E-state index in [4.69, 9.17) is 9.47 Å². The van der Waals surface area contributed by atoms with E-state index in [9.17, 15) is 14.9 Å². The quantitative estimate of drug-likeness (QED) is 0.742. The number of benzene rings is 2. The van der Waals surface area contributed by atoms with Crippen LogP contribution in [0.5, 0.6) is 5.75 Å². The van der Waals surface area contributed by atoms with Gasteiger partial charge >= 0.3 is 0 Å². The van der Waals surface area contributed by atoms with Crippen molar-refractivity contribution >= 4 is 17.5 Å². The minimum atomic E-state index is -0.638. The third-order valence-electron chi connectivity index (χ3n) is 5.68. The zero-order chi connectivity index (χ0) is 22.5. The molecule has 2 heterocycles. The Balaban J connectivity index is 1.41. The van der Waals surface area contributed by atoms with Crippen LogP contribution in [0.2, 0.25) is 0 Å². The van der Waals surface area contributed by atoms with Gasteiger partial charge in [-0.15, -0.1) is 0 Å². The second kappa shape index (κ2) is 9.81. The maximum atomic E-state index is 12.5. The molecule has 2 aliphatic rings. The van der Waals surface area contributed by atoms with Gasteiger partial charge in [0.15, 0.2) is 6.61 Å². The summed E-state index contributed by atoms with van der Waals surface area (Å²) in [7, 11) is 1.74. The third-order valence-corrected chi connectivity index (χ3v) is 5.68. The van der Waals surface area contributed by atoms with Crippen LogP contribution in [0.15, 0.2) is 42.5 Å². The second-order valence-electron chi connectivity index (χ2n) is 7.93. The Bertz CT molecular complexity index is 1020. The van der Waals surface area contributed by atoms with Crippen LogP contribution in [0.4, 0.5) is 5.69 Å². The number of rotatable bonds is 5. The lowest BCUT2D eigenvalue weighted by atomic mass is 10.00. The fraction of sp³-hybridized carbons (Fsp3) is 0.375. The lowest BCUT2D eigenvalue weighted by molar-refractivity contribution is -0.132. The lowest BCUT2D eigenvalue weighted by Gasteiger charge is -2.26. The first-order valence-corrected chi connectivity index (χ1v) is 10.7. The average molecular weight is 434 g/mol. The lowest BCUT2D eigenvalue weighted by Crippen LogP contribution is -2.46. The standard InChI is InChI=1S/C24H26N4O4/c1-28-20-12-18(7-8-21(20)32-15-23(28)29)17-5-3-16(4-6-17)11-19(13-25)27-24(30)22-14-26-9-2-10-31-22/h3-8,12,19,22,26H,2,9-11,14-15H2,1H3,(H,27,30)/t19-,22-/m0/s1. The molecule has 0 spiro atoms. The summed E-state index contributed by atoms with van der Waals surface area (Å²) < 4.78 is 11.0. The molecule has 8 nitrogen and oxygen atoms in total. The van der Waals surface area contributed by atoms with Crippen LogP contribution in [-0.4, -0.2) is 57.3 Å². The number of amides is 2. The van der Waals surface area contributed by atoms with Gasteiger partial charge in [-0.05, 0) is 41.8 Å². The molecule has 2 aliphatic heterocycles. The topological polar surface area (TPSA) is 104 Å². The number of ether oxygens (including phenoxy) is 2. The van der Waals surface area contributed by atoms with Crippen molar-refractivity contribution in [2.75, 3.05) is 38.3 Å². The zero-order valence-corrected chi connectivity index (χ0v) is 18.0. The van der Waals surface area contributed by atoms with Crippen LogP contribution in [0.25, 0.3) is 11.1 Å². The number of nitriles is 1. The molecule has 2 aromatic carbocycles. The van der Waals surface area contributed by atoms with Gasteiger partial charge in [-0.25, -0.2) is 0 Å². The van der Waals surface area contributed by atoms with Crippen molar-refractivity contribution in [3.63, 3.8) is 0 Å². The molecular weight excluding hydrogens is 408 g/mol. The number of likely N-dealkylation sites (N-methyl/N-ethyl adjacent to an activating group) is 1. The summed E-state index contributed by atoms with van der Waals surface area (Å²) in [5.74, 6) is 0.338. The maximum absolute atomic E-state index is 12.5. The summed E-state index contributed by atoms with van der Waals surface area (Å²) in [6, 6.07) is 15.1. The summed E-state index contributed by atoms with van der Waals surface area (Å²) in [4.78, 5) is 26.0. The molecule has 4 rings (SSSR count). The summed E-state index contributed by atoms with van der Waals surface area (Å²) in [5, 5.41) is 15.5. The number of hydrogen-bond donors (Lipinski definition) is 2. The molecule has 0 unspecified atom stereocenters. The molecule has 2 amide bonds. The van der Waals surface area contributed by atoms with Crippen molar-refractivity contribution in [3.05, 3.63) is 48.0 Å². The van der Waals surface area contributed by atoms with Crippen LogP contribution >= 0.6 is 0 Å². The van der Waals surface area contributed by atoms with Gasteiger partial charge in [0.2, 0.25) is 0 Å². The fourth-order valence-corrected chi connectivity index (χ4v) is 3.80. The number of carbonyl (C=O) groups is 2. The first-order chi connectivity index (χ1) is 15.5. The van der Waals surface area contributed by atoms with Crippen molar-refractivity contribution in [2.24, 2.45) is 0 Å². The van der Waals surface area contributed by atoms with Gasteiger partial charge in [0.25, 0.3) is 11.8 Å². The Morgan fingerprint density at radius 3 is 2.84 bits per heavy atom. The second-order valence-corrected chi connectivity index (χ2v) is 7.93. The summed E-state index contributed by atoms with van der Waals surface area (Å²) in [6.07, 6.45) is 0.688. The van der Waals surface area contributed by atoms with E-state index >= 15 is 0 Å². The molecule has 166 valence electrons. The summed E-state index contributed by atoms with van der Waals surface area (Å²) in [5.41, 5.74) is 3.63. The Morgan fingerprint density at radius 1 is 1.28 bits per heavy atom. The highest BCUT2D eigenvalue weighted by molar-refractivity contribution is 5.98. The number of carbonyl (C=O) groups excluding carboxylic acids is 2. The van der Waals surface area contributed by atoms with Gasteiger partial charge in [-0.3, -0.25) is 9.59 Å². The SMILES string of the molecule is CN1C(=O)COc2ccc(-c3ccc(C[C@@H](C#N)NC(=O)[C@@H]4CNCCCO4)cc3)cc21. The van der Waals surface area contributed by atoms with Crippen molar-refractivity contribution in [1.82, 2.24) is 10.6 Å². The van der Waals surface area contributed by atoms with E-state index in [1.807, 2.05) is 42.5 Å². The van der Waals surface area contributed by atoms with E-state index in [0.717, 1.165) is 35.3 Å². The number of fused-ring (bicyclic) bond motifs is 1. The Kier molecular flexibility index (Phi) is 6.69. The number of nitrogens with zero attached hydrogens (tertiary/aromatic N) is 2. The first-order valence-electron chi connectivity index (χ1n) is 10.7. The smallest absolute Gasteiger partial charge is 0.264 e. The molecule has 0 aliphatic carbocycles. The maximum Gasteiger partial charge on any atom is 0.264 e. The highest BCUT2D eigenvalue weighted by atomic mass is 16.5. The van der Waals surface area contributed by atoms with E-state index < -0.39 is 12.1 Å². The number of hydrogen-bond acceptors (Lipinski definition) is 6. The average Bonchev–Trinajstić information content (AvgIpc) is 3.11. The molecule has 0 bridgehead atoms. The molecule has 0 saturated carbocycles. The molecule has 1 saturated heterocycles. The van der Waals surface area contributed by atoms with Gasteiger partial charge in [-0.1, -0.05) is 30.3 Å². The van der Waals surface area contributed by atoms with Crippen LogP contribution in [-0.2, 0) is 20.7 Å². The molecule has 2 atom stereocenters. The predicted molar refractivity (Wildman–Crippen MR) is 119 cm³/mol. The molecule has 0 aromatic heterocycles. The molecule has 32 heavy (non-hydrogen) atoms. The monoisotopic (exact) mass is 434 g/mol. The van der Waals surface area contributed by atoms with Gasteiger partial charge < -0.3 is 25.0 Å². The van der Waals surface area contributed by atoms with Crippen LogP contribution in [0, 0.1) is 11.3 Å². The molecular formula is C24H26N4O4. The molecule has 8 heteroatoms. The van der Waals surface area contributed by atoms with Gasteiger partial charge in [0.05, 0.1) is 11.8 Å².